The van der Waals surface area contributed by atoms with Gasteiger partial charge in [0, 0.05) is 71.9 Å². The van der Waals surface area contributed by atoms with Gasteiger partial charge in [0.2, 0.25) is 124 Å². The highest BCUT2D eigenvalue weighted by Crippen LogP contribution is 2.33. The number of carbonyl (C=O) groups excluding carboxylic acids is 21. The molecular formula is C94H138N22O33. The van der Waals surface area contributed by atoms with E-state index in [-0.39, 0.29) is 142 Å². The minimum absolute atomic E-state index is 0.0122. The maximum Gasteiger partial charge on any atom is 0.326 e. The Bertz CT molecular complexity index is 5180. The minimum Gasteiger partial charge on any atom is -0.481 e. The van der Waals surface area contributed by atoms with Crippen LogP contribution < -0.4 is 64.2 Å². The van der Waals surface area contributed by atoms with Gasteiger partial charge in [0.1, 0.15) is 127 Å². The molecule has 55 nitrogen and oxygen atoms in total. The summed E-state index contributed by atoms with van der Waals surface area (Å²) in [6, 6.07) is -30.5. The second-order valence-electron chi connectivity index (χ2n) is 40.0. The fraction of sp³-hybridized carbons (Fsp3) is 0.713. The van der Waals surface area contributed by atoms with Gasteiger partial charge in [0.25, 0.3) is 0 Å². The number of nitrogens with two attached hydrogens (primary N) is 1. The van der Waals surface area contributed by atoms with E-state index < -0.39 is 337 Å². The third kappa shape index (κ3) is 29.0. The van der Waals surface area contributed by atoms with Crippen molar-refractivity contribution < 1.29 is 160 Å². The Labute approximate surface area is 856 Å². The number of aliphatic carboxylic acids is 6. The lowest BCUT2D eigenvalue weighted by molar-refractivity contribution is -0.153. The van der Waals surface area contributed by atoms with Crippen LogP contribution in [0.3, 0.4) is 0 Å². The van der Waals surface area contributed by atoms with Crippen LogP contribution in [-0.2, 0) is 129 Å². The first-order valence-corrected chi connectivity index (χ1v) is 50.8. The van der Waals surface area contributed by atoms with Crippen molar-refractivity contribution in [1.29, 1.82) is 0 Å². The van der Waals surface area contributed by atoms with Crippen LogP contribution in [0.15, 0.2) is 0 Å². The molecule has 10 aliphatic heterocycles. The second-order valence-corrected chi connectivity index (χ2v) is 40.0. The summed E-state index contributed by atoms with van der Waals surface area (Å²) < 4.78 is 0. The van der Waals surface area contributed by atoms with Gasteiger partial charge in [0.05, 0.1) is 31.7 Å². The molecule has 149 heavy (non-hydrogen) atoms. The smallest absolute Gasteiger partial charge is 0.326 e. The van der Waals surface area contributed by atoms with Crippen LogP contribution in [0.25, 0.3) is 0 Å². The molecule has 10 fully saturated rings. The third-order valence-electron chi connectivity index (χ3n) is 29.0. The molecule has 10 rings (SSSR count). The van der Waals surface area contributed by atoms with E-state index in [9.17, 15) is 160 Å². The topological polar surface area (TPSA) is 773 Å². The average molecular weight is 2100 g/mol. The molecule has 10 heterocycles. The van der Waals surface area contributed by atoms with Gasteiger partial charge < -0.3 is 144 Å². The Kier molecular flexibility index (Phi) is 40.7. The zero-order valence-corrected chi connectivity index (χ0v) is 84.5. The first-order valence-electron chi connectivity index (χ1n) is 50.8. The quantitative estimate of drug-likeness (QED) is 0.0269. The molecule has 0 bridgehead atoms. The normalized spacial score (nSPS) is 24.0. The Hall–Kier alpha value is -14.3. The van der Waals surface area contributed by atoms with Gasteiger partial charge in [-0.15, -0.1) is 0 Å². The number of carbonyl (C=O) groups is 27. The van der Waals surface area contributed by atoms with E-state index in [1.807, 2.05) is 0 Å². The zero-order chi connectivity index (χ0) is 110. The van der Waals surface area contributed by atoms with Gasteiger partial charge in [-0.1, -0.05) is 13.8 Å². The van der Waals surface area contributed by atoms with Crippen molar-refractivity contribution in [2.45, 2.75) is 355 Å². The number of carboxylic acids is 6. The lowest BCUT2D eigenvalue weighted by atomic mass is 10.0. The lowest BCUT2D eigenvalue weighted by Gasteiger charge is -2.34. The molecule has 55 heteroatoms. The van der Waals surface area contributed by atoms with E-state index in [1.54, 1.807) is 13.8 Å². The molecular weight excluding hydrogens is 1970 g/mol. The van der Waals surface area contributed by atoms with Crippen molar-refractivity contribution in [3.8, 4) is 0 Å². The highest BCUT2D eigenvalue weighted by atomic mass is 16.4. The fourth-order valence-electron chi connectivity index (χ4n) is 21.2. The molecule has 10 saturated heterocycles. The number of amides is 21. The number of carboxylic acid groups (broad SMARTS) is 6. The van der Waals surface area contributed by atoms with Crippen LogP contribution >= 0.6 is 0 Å². The predicted molar refractivity (Wildman–Crippen MR) is 509 cm³/mol. The van der Waals surface area contributed by atoms with E-state index in [0.29, 0.717) is 51.4 Å². The molecule has 0 unspecified atom stereocenters. The molecule has 10 aliphatic rings. The number of nitrogens with one attached hydrogen (secondary N) is 11. The monoisotopic (exact) mass is 2100 g/mol. The SMILES string of the molecule is CC(C)[C@H](NC(=O)[C@@H]1CCCN1C(=O)[C@@H]1CCCN1C(=O)[C@H](C)NC(=O)[C@@H]1CCCN1C(=O)[C@H](CCC(=O)O)NC(=O)[C@@H]1CCCN1C(=O)[C@@H](N)CC(=O)O)C(=O)N1CCC[C@H]1C(=O)N[C@@H](CC(=O)O)C(=O)N[C@@H](CC(=O)O)C(=O)N[C@@H](C)C(=O)N[C@@H](C)C(=O)N[C@@H](C)C(=O)N1CCC[C@H]1C(=O)N1CCC[C@H]1C(=O)N[C@@H](C)C(=O)N1CCC[C@H]1C(=O)N[C@@H](C)C(=O)N[C@@H](CC(=O)O)C(=O)N1CCC[C@H]1C(=O)N1CCC[C@H]1C(=O)O. The summed E-state index contributed by atoms with van der Waals surface area (Å²) >= 11 is 0. The van der Waals surface area contributed by atoms with Crippen molar-refractivity contribution in [2.75, 3.05) is 65.4 Å². The van der Waals surface area contributed by atoms with Gasteiger partial charge in [-0.05, 0) is 182 Å². The Morgan fingerprint density at radius 1 is 0.235 bits per heavy atom. The van der Waals surface area contributed by atoms with Crippen LogP contribution in [0.2, 0.25) is 0 Å². The standard InChI is InChI=1S/C94H138N22O33/c1-45(2)72(106-83(137)62-24-13-35-111(62)91(145)64-26-16-38-114(64)86(140)51(8)101-79(133)58-20-11-33-109(58)88(142)53(29-30-67(117)118)102-81(135)60-22-10-32-108(60)87(141)52(95)41-68(119)120)93(147)112-36-14-23-61(112)82(136)104-55(43-70(123)124)77(131)103-54(42-69(121)122)76(130)97-47(4)73(127)96-46(3)74(128)99-49(6)85(139)113-37-15-25-63(113)90(144)110-34-12-21-59(110)80(134)100-50(7)84(138)107-31-9-19-57(107)78(132)98-48(5)75(129)105-56(44-71(125)126)89(143)115-39-17-27-65(115)92(146)116-40-18-28-66(116)94(148)149/h45-66,72H,9-44,95H2,1-8H3,(H,96,127)(H,97,130)(H,98,132)(H,99,128)(H,100,134)(H,101,133)(H,102,135)(H,103,131)(H,104,136)(H,105,129)(H,106,137)(H,117,118)(H,119,120)(H,121,122)(H,123,124)(H,125,126)(H,148,149)/t46-,47-,48-,49-,50-,51-,52-,53-,54-,55-,56-,57-,58-,59-,60-,61-,62-,63-,64-,65-,66-,72-/m0/s1. The van der Waals surface area contributed by atoms with Crippen molar-refractivity contribution >= 4 is 160 Å². The zero-order valence-electron chi connectivity index (χ0n) is 84.5. The highest BCUT2D eigenvalue weighted by Gasteiger charge is 2.52. The molecule has 0 aliphatic carbocycles. The van der Waals surface area contributed by atoms with Crippen molar-refractivity contribution in [2.24, 2.45) is 11.7 Å². The highest BCUT2D eigenvalue weighted by molar-refractivity contribution is 6.05. The number of rotatable bonds is 45. The maximum atomic E-state index is 14.7. The molecule has 0 aromatic rings. The predicted octanol–water partition coefficient (Wildman–Crippen LogP) is -7.82. The average Bonchev–Trinajstić information content (AvgIpc) is 1.67. The molecule has 0 saturated carbocycles. The molecule has 19 N–H and O–H groups in total. The number of likely N-dealkylation sites (tertiary alicyclic amines) is 10. The van der Waals surface area contributed by atoms with Gasteiger partial charge in [-0.2, -0.15) is 0 Å². The van der Waals surface area contributed by atoms with E-state index in [2.05, 4.69) is 58.5 Å². The van der Waals surface area contributed by atoms with Gasteiger partial charge in [-0.25, -0.2) is 4.79 Å². The van der Waals surface area contributed by atoms with Crippen LogP contribution in [0, 0.1) is 5.92 Å². The first kappa shape index (κ1) is 117. The molecule has 0 radical (unpaired) electrons. The fourth-order valence-corrected chi connectivity index (χ4v) is 21.2. The van der Waals surface area contributed by atoms with E-state index >= 15 is 0 Å². The Morgan fingerprint density at radius 3 is 0.852 bits per heavy atom. The van der Waals surface area contributed by atoms with Crippen molar-refractivity contribution in [3.05, 3.63) is 0 Å². The molecule has 0 aromatic heterocycles. The Balaban J connectivity index is 0.665. The van der Waals surface area contributed by atoms with Crippen LogP contribution in [-0.4, -0.2) is 438 Å². The summed E-state index contributed by atoms with van der Waals surface area (Å²) in [5.74, 6) is -27.5. The molecule has 0 aromatic carbocycles. The van der Waals surface area contributed by atoms with Crippen molar-refractivity contribution in [1.82, 2.24) is 107 Å². The summed E-state index contributed by atoms with van der Waals surface area (Å²) in [5, 5.41) is 85.1. The summed E-state index contributed by atoms with van der Waals surface area (Å²) in [6.45, 7) is 11.1. The lowest BCUT2D eigenvalue weighted by Crippen LogP contribution is -2.61. The van der Waals surface area contributed by atoms with Crippen LogP contribution in [0.4, 0.5) is 0 Å². The van der Waals surface area contributed by atoms with Crippen LogP contribution in [0.5, 0.6) is 0 Å². The van der Waals surface area contributed by atoms with Gasteiger partial charge >= 0.3 is 35.8 Å². The summed E-state index contributed by atoms with van der Waals surface area (Å²) in [7, 11) is 0. The second kappa shape index (κ2) is 52.0. The molecule has 22 atom stereocenters. The van der Waals surface area contributed by atoms with E-state index in [4.69, 9.17) is 5.73 Å². The minimum atomic E-state index is -2.08. The summed E-state index contributed by atoms with van der Waals surface area (Å²) in [4.78, 5) is 379. The molecule has 0 spiro atoms. The third-order valence-corrected chi connectivity index (χ3v) is 29.0. The summed E-state index contributed by atoms with van der Waals surface area (Å²) in [5.41, 5.74) is 5.82. The first-order chi connectivity index (χ1) is 70.3. The van der Waals surface area contributed by atoms with Gasteiger partial charge in [0.15, 0.2) is 0 Å². The molecule has 21 amide bonds. The number of hydrogen-bond acceptors (Lipinski definition) is 28. The largest absolute Gasteiger partial charge is 0.481 e. The Morgan fingerprint density at radius 2 is 0.477 bits per heavy atom. The van der Waals surface area contributed by atoms with Gasteiger partial charge in [-0.3, -0.25) is 125 Å². The van der Waals surface area contributed by atoms with E-state index in [1.165, 1.54) is 64.0 Å². The van der Waals surface area contributed by atoms with Crippen LogP contribution in [0.1, 0.15) is 222 Å². The molecule has 822 valence electrons. The number of nitrogens with zero attached hydrogens (tertiary/aromatic N) is 10. The number of hydrogen-bond donors (Lipinski definition) is 18. The summed E-state index contributed by atoms with van der Waals surface area (Å²) in [6.07, 6.45) is -0.709. The maximum absolute atomic E-state index is 14.7. The van der Waals surface area contributed by atoms with E-state index in [0.717, 1.165) is 26.5 Å². The van der Waals surface area contributed by atoms with Crippen molar-refractivity contribution in [3.63, 3.8) is 0 Å².